The van der Waals surface area contributed by atoms with Crippen LogP contribution in [0.4, 0.5) is 17.1 Å². The van der Waals surface area contributed by atoms with Gasteiger partial charge in [-0.25, -0.2) is 0 Å². The van der Waals surface area contributed by atoms with Gasteiger partial charge in [0.2, 0.25) is 0 Å². The Morgan fingerprint density at radius 1 is 0.302 bits per heavy atom. The van der Waals surface area contributed by atoms with E-state index < -0.39 is 0 Å². The zero-order valence-corrected chi connectivity index (χ0v) is 34.4. The lowest BCUT2D eigenvalue weighted by atomic mass is 9.88. The summed E-state index contributed by atoms with van der Waals surface area (Å²) in [5, 5.41) is 4.70. The van der Waals surface area contributed by atoms with Crippen molar-refractivity contribution in [2.75, 3.05) is 4.90 Å². The smallest absolute Gasteiger partial charge is 0.143 e. The van der Waals surface area contributed by atoms with Crippen LogP contribution in [0.1, 0.15) is 0 Å². The van der Waals surface area contributed by atoms with Crippen molar-refractivity contribution in [3.8, 4) is 50.2 Å². The monoisotopic (exact) mass is 804 g/mol. The van der Waals surface area contributed by atoms with Crippen molar-refractivity contribution in [3.63, 3.8) is 0 Å². The van der Waals surface area contributed by atoms with Crippen molar-refractivity contribution in [2.45, 2.75) is 0 Å². The van der Waals surface area contributed by atoms with Crippen LogP contribution in [0.5, 0.6) is 0 Å². The number of anilines is 3. The van der Waals surface area contributed by atoms with Gasteiger partial charge in [-0.1, -0.05) is 194 Å². The molecule has 0 N–H and O–H groups in total. The third-order valence-corrected chi connectivity index (χ3v) is 12.4. The number of nitrogens with zero attached hydrogens (tertiary/aromatic N) is 2. The second kappa shape index (κ2) is 15.3. The van der Waals surface area contributed by atoms with E-state index in [2.05, 4.69) is 240 Å². The fourth-order valence-corrected chi connectivity index (χ4v) is 9.63. The summed E-state index contributed by atoms with van der Waals surface area (Å²) < 4.78 is 8.94. The first kappa shape index (κ1) is 36.5. The first-order chi connectivity index (χ1) is 31.3. The van der Waals surface area contributed by atoms with Crippen LogP contribution >= 0.6 is 0 Å². The van der Waals surface area contributed by atoms with Crippen molar-refractivity contribution in [2.24, 2.45) is 0 Å². The van der Waals surface area contributed by atoms with Gasteiger partial charge in [0, 0.05) is 38.4 Å². The lowest BCUT2D eigenvalue weighted by Crippen LogP contribution is -2.14. The molecule has 0 unspecified atom stereocenters. The van der Waals surface area contributed by atoms with E-state index in [-0.39, 0.29) is 0 Å². The van der Waals surface area contributed by atoms with Gasteiger partial charge in [-0.05, 0) is 81.9 Å². The second-order valence-corrected chi connectivity index (χ2v) is 16.0. The first-order valence-corrected chi connectivity index (χ1v) is 21.5. The average molecular weight is 805 g/mol. The Morgan fingerprint density at radius 3 is 1.49 bits per heavy atom. The number of aromatic nitrogens is 1. The van der Waals surface area contributed by atoms with E-state index in [1.54, 1.807) is 0 Å². The van der Waals surface area contributed by atoms with E-state index >= 15 is 0 Å². The van der Waals surface area contributed by atoms with Gasteiger partial charge in [0.15, 0.2) is 0 Å². The summed E-state index contributed by atoms with van der Waals surface area (Å²) in [6.45, 7) is 0. The summed E-state index contributed by atoms with van der Waals surface area (Å²) in [7, 11) is 0. The highest BCUT2D eigenvalue weighted by Gasteiger charge is 2.24. The molecule has 0 amide bonds. The fourth-order valence-electron chi connectivity index (χ4n) is 9.63. The van der Waals surface area contributed by atoms with Gasteiger partial charge in [-0.2, -0.15) is 0 Å². The molecule has 0 aliphatic carbocycles. The van der Waals surface area contributed by atoms with Crippen molar-refractivity contribution in [1.29, 1.82) is 0 Å². The lowest BCUT2D eigenvalue weighted by molar-refractivity contribution is 0.670. The van der Waals surface area contributed by atoms with Crippen LogP contribution in [0, 0.1) is 0 Å². The number of rotatable bonds is 8. The predicted molar refractivity (Wildman–Crippen MR) is 264 cm³/mol. The summed E-state index contributed by atoms with van der Waals surface area (Å²) in [6.07, 6.45) is 0. The standard InChI is InChI=1S/C60H40N2O/c1-2-19-41(20-3-1)44-21-4-5-22-46(44)47-23-6-7-24-48(47)49-25-8-12-31-54(49)61(43-39-37-42(38-40-43)45-29-18-30-53-52-28-11-17-36-59(52)63-60(45)53)57-34-15-16-35-58(57)62-55-32-13-9-26-50(55)51-27-10-14-33-56(51)62/h1-40H. The van der Waals surface area contributed by atoms with Crippen LogP contribution < -0.4 is 4.90 Å². The third-order valence-electron chi connectivity index (χ3n) is 12.4. The van der Waals surface area contributed by atoms with Crippen LogP contribution in [0.3, 0.4) is 0 Å². The second-order valence-electron chi connectivity index (χ2n) is 16.0. The third kappa shape index (κ3) is 6.13. The van der Waals surface area contributed by atoms with Crippen LogP contribution in [-0.2, 0) is 0 Å². The minimum absolute atomic E-state index is 0.896. The number of fused-ring (bicyclic) bond motifs is 6. The van der Waals surface area contributed by atoms with Gasteiger partial charge in [0.25, 0.3) is 0 Å². The van der Waals surface area contributed by atoms with E-state index in [0.717, 1.165) is 78.0 Å². The highest BCUT2D eigenvalue weighted by atomic mass is 16.3. The SMILES string of the molecule is c1ccc(-c2ccccc2-c2ccccc2-c2ccccc2N(c2ccc(-c3cccc4c3oc3ccccc34)cc2)c2ccccc2-n2c3ccccc3c3ccccc32)cc1. The molecular formula is C60H40N2O. The van der Waals surface area contributed by atoms with Crippen molar-refractivity contribution >= 4 is 60.8 Å². The van der Waals surface area contributed by atoms with Crippen molar-refractivity contribution in [1.82, 2.24) is 4.57 Å². The lowest BCUT2D eigenvalue weighted by Gasteiger charge is -2.31. The van der Waals surface area contributed by atoms with Crippen LogP contribution in [0.2, 0.25) is 0 Å². The Hall–Kier alpha value is -8.40. The molecule has 0 spiro atoms. The quantitative estimate of drug-likeness (QED) is 0.153. The highest BCUT2D eigenvalue weighted by Crippen LogP contribution is 2.48. The molecule has 0 bridgehead atoms. The van der Waals surface area contributed by atoms with Gasteiger partial charge in [0.1, 0.15) is 11.2 Å². The summed E-state index contributed by atoms with van der Waals surface area (Å²) in [5.41, 5.74) is 17.6. The highest BCUT2D eigenvalue weighted by molar-refractivity contribution is 6.11. The average Bonchev–Trinajstić information content (AvgIpc) is 3.91. The molecule has 0 saturated heterocycles. The number of hydrogen-bond donors (Lipinski definition) is 0. The Bertz CT molecular complexity index is 3580. The maximum Gasteiger partial charge on any atom is 0.143 e. The largest absolute Gasteiger partial charge is 0.455 e. The molecule has 10 aromatic carbocycles. The Kier molecular flexibility index (Phi) is 8.83. The van der Waals surface area contributed by atoms with E-state index in [0.29, 0.717) is 0 Å². The zero-order valence-electron chi connectivity index (χ0n) is 34.4. The maximum absolute atomic E-state index is 6.52. The van der Waals surface area contributed by atoms with Gasteiger partial charge in [0.05, 0.1) is 28.1 Å². The number of benzene rings is 10. The Morgan fingerprint density at radius 2 is 0.778 bits per heavy atom. The van der Waals surface area contributed by atoms with Crippen molar-refractivity contribution in [3.05, 3.63) is 243 Å². The molecule has 0 aliphatic heterocycles. The van der Waals surface area contributed by atoms with Gasteiger partial charge in [-0.3, -0.25) is 0 Å². The molecule has 2 heterocycles. The van der Waals surface area contributed by atoms with Crippen LogP contribution in [0.25, 0.3) is 93.9 Å². The number of hydrogen-bond acceptors (Lipinski definition) is 2. The molecule has 3 heteroatoms. The Balaban J connectivity index is 1.09. The number of furan rings is 1. The normalized spacial score (nSPS) is 11.5. The van der Waals surface area contributed by atoms with Gasteiger partial charge < -0.3 is 13.9 Å². The first-order valence-electron chi connectivity index (χ1n) is 21.5. The molecule has 296 valence electrons. The molecule has 2 aromatic heterocycles. The summed E-state index contributed by atoms with van der Waals surface area (Å²) in [4.78, 5) is 2.44. The molecule has 0 aliphatic rings. The van der Waals surface area contributed by atoms with Crippen LogP contribution in [-0.4, -0.2) is 4.57 Å². The maximum atomic E-state index is 6.52. The molecule has 63 heavy (non-hydrogen) atoms. The topological polar surface area (TPSA) is 21.3 Å². The van der Waals surface area contributed by atoms with Crippen LogP contribution in [0.15, 0.2) is 247 Å². The number of para-hydroxylation sites is 7. The van der Waals surface area contributed by atoms with Gasteiger partial charge >= 0.3 is 0 Å². The van der Waals surface area contributed by atoms with E-state index in [1.165, 1.54) is 33.0 Å². The minimum atomic E-state index is 0.896. The molecule has 12 aromatic rings. The summed E-state index contributed by atoms with van der Waals surface area (Å²) in [6, 6.07) is 87.2. The molecule has 3 nitrogen and oxygen atoms in total. The predicted octanol–water partition coefficient (Wildman–Crippen LogP) is 16.8. The van der Waals surface area contributed by atoms with Crippen molar-refractivity contribution < 1.29 is 4.42 Å². The molecule has 0 saturated carbocycles. The molecule has 12 rings (SSSR count). The fraction of sp³-hybridized carbons (Fsp3) is 0. The van der Waals surface area contributed by atoms with E-state index in [9.17, 15) is 0 Å². The molecule has 0 atom stereocenters. The summed E-state index contributed by atoms with van der Waals surface area (Å²) in [5.74, 6) is 0. The molecular weight excluding hydrogens is 765 g/mol. The van der Waals surface area contributed by atoms with E-state index in [1.807, 2.05) is 12.1 Å². The Labute approximate surface area is 366 Å². The minimum Gasteiger partial charge on any atom is -0.455 e. The summed E-state index contributed by atoms with van der Waals surface area (Å²) >= 11 is 0. The van der Waals surface area contributed by atoms with E-state index in [4.69, 9.17) is 4.42 Å². The molecule has 0 fully saturated rings. The van der Waals surface area contributed by atoms with Gasteiger partial charge in [-0.15, -0.1) is 0 Å². The zero-order chi connectivity index (χ0) is 41.7. The molecule has 0 radical (unpaired) electrons.